The zero-order valence-electron chi connectivity index (χ0n) is 10.4. The van der Waals surface area contributed by atoms with E-state index in [1.54, 1.807) is 0 Å². The van der Waals surface area contributed by atoms with E-state index in [0.29, 0.717) is 10.7 Å². The lowest BCUT2D eigenvalue weighted by Crippen LogP contribution is -2.13. The highest BCUT2D eigenvalue weighted by molar-refractivity contribution is 7.71. The highest BCUT2D eigenvalue weighted by Gasteiger charge is 2.25. The van der Waals surface area contributed by atoms with Crippen LogP contribution >= 0.6 is 12.2 Å². The number of aromatic nitrogens is 4. The second kappa shape index (κ2) is 4.06. The number of H-pyrrole nitrogens is 3. The number of benzene rings is 1. The van der Waals surface area contributed by atoms with Crippen LogP contribution in [-0.2, 0) is 12.8 Å². The van der Waals surface area contributed by atoms with Crippen LogP contribution in [0.15, 0.2) is 24.3 Å². The molecule has 3 N–H and O–H groups in total. The number of aryl methyl sites for hydroxylation is 1. The van der Waals surface area contributed by atoms with E-state index in [0.717, 1.165) is 25.1 Å². The second-order valence-electron chi connectivity index (χ2n) is 5.12. The maximum absolute atomic E-state index is 5.04. The van der Waals surface area contributed by atoms with Gasteiger partial charge in [-0.15, -0.1) is 0 Å². The van der Waals surface area contributed by atoms with Crippen LogP contribution in [0.1, 0.15) is 29.4 Å². The summed E-state index contributed by atoms with van der Waals surface area (Å²) in [6.45, 7) is 0. The monoisotopic (exact) mass is 270 g/mol. The summed E-state index contributed by atoms with van der Waals surface area (Å²) >= 11 is 5.04. The lowest BCUT2D eigenvalue weighted by atomic mass is 9.86. The van der Waals surface area contributed by atoms with Crippen molar-refractivity contribution in [2.75, 3.05) is 0 Å². The number of hydrogen-bond acceptors (Lipinski definition) is 2. The van der Waals surface area contributed by atoms with Gasteiger partial charge in [0.2, 0.25) is 4.77 Å². The Labute approximate surface area is 115 Å². The molecule has 0 bridgehead atoms. The summed E-state index contributed by atoms with van der Waals surface area (Å²) in [5.41, 5.74) is 4.06. The van der Waals surface area contributed by atoms with Crippen molar-refractivity contribution < 1.29 is 0 Å². The summed E-state index contributed by atoms with van der Waals surface area (Å²) in [6, 6.07) is 8.51. The maximum Gasteiger partial charge on any atom is 0.213 e. The van der Waals surface area contributed by atoms with E-state index in [1.807, 2.05) is 0 Å². The third kappa shape index (κ3) is 1.73. The Balaban J connectivity index is 1.78. The molecular formula is C14H14N4S. The van der Waals surface area contributed by atoms with Crippen LogP contribution in [-0.4, -0.2) is 20.2 Å². The van der Waals surface area contributed by atoms with Gasteiger partial charge >= 0.3 is 0 Å². The van der Waals surface area contributed by atoms with Gasteiger partial charge in [-0.25, -0.2) is 4.98 Å². The quantitative estimate of drug-likeness (QED) is 0.595. The van der Waals surface area contributed by atoms with Crippen LogP contribution in [0.3, 0.4) is 0 Å². The normalized spacial score (nSPS) is 18.6. The number of nitrogens with one attached hydrogen (secondary N) is 3. The number of para-hydroxylation sites is 1. The molecule has 1 atom stereocenters. The van der Waals surface area contributed by atoms with Crippen LogP contribution in [0.4, 0.5) is 0 Å². The van der Waals surface area contributed by atoms with Gasteiger partial charge in [0.25, 0.3) is 0 Å². The number of aromatic amines is 3. The van der Waals surface area contributed by atoms with Crippen LogP contribution in [0.5, 0.6) is 0 Å². The van der Waals surface area contributed by atoms with E-state index in [-0.39, 0.29) is 0 Å². The Morgan fingerprint density at radius 2 is 2.11 bits per heavy atom. The molecule has 1 unspecified atom stereocenters. The van der Waals surface area contributed by atoms with Gasteiger partial charge in [-0.05, 0) is 43.1 Å². The third-order valence-electron chi connectivity index (χ3n) is 4.00. The van der Waals surface area contributed by atoms with E-state index < -0.39 is 0 Å². The fraction of sp³-hybridized carbons (Fsp3) is 0.286. The average Bonchev–Trinajstić information content (AvgIpc) is 3.01. The molecule has 0 amide bonds. The van der Waals surface area contributed by atoms with Crippen molar-refractivity contribution in [1.82, 2.24) is 20.2 Å². The molecule has 1 aliphatic rings. The molecule has 19 heavy (non-hydrogen) atoms. The summed E-state index contributed by atoms with van der Waals surface area (Å²) in [5, 5.41) is 7.33. The fourth-order valence-corrected chi connectivity index (χ4v) is 3.23. The summed E-state index contributed by atoms with van der Waals surface area (Å²) in [7, 11) is 0. The van der Waals surface area contributed by atoms with Gasteiger partial charge in [0, 0.05) is 22.5 Å². The zero-order valence-corrected chi connectivity index (χ0v) is 11.2. The van der Waals surface area contributed by atoms with Gasteiger partial charge in [-0.3, -0.25) is 10.2 Å². The molecule has 2 aromatic heterocycles. The van der Waals surface area contributed by atoms with Crippen molar-refractivity contribution in [3.8, 4) is 0 Å². The second-order valence-corrected chi connectivity index (χ2v) is 5.51. The highest BCUT2D eigenvalue weighted by Crippen LogP contribution is 2.35. The summed E-state index contributed by atoms with van der Waals surface area (Å²) in [5.74, 6) is 1.42. The molecule has 0 spiro atoms. The Morgan fingerprint density at radius 1 is 1.21 bits per heavy atom. The Morgan fingerprint density at radius 3 is 2.95 bits per heavy atom. The van der Waals surface area contributed by atoms with Crippen molar-refractivity contribution in [3.05, 3.63) is 46.1 Å². The summed E-state index contributed by atoms with van der Waals surface area (Å²) in [6.07, 6.45) is 3.20. The molecular weight excluding hydrogens is 256 g/mol. The zero-order chi connectivity index (χ0) is 12.8. The topological polar surface area (TPSA) is 60.3 Å². The van der Waals surface area contributed by atoms with E-state index in [1.165, 1.54) is 22.2 Å². The molecule has 0 saturated heterocycles. The lowest BCUT2D eigenvalue weighted by Gasteiger charge is -2.20. The molecule has 0 fully saturated rings. The largest absolute Gasteiger partial charge is 0.358 e. The number of rotatable bonds is 1. The van der Waals surface area contributed by atoms with Gasteiger partial charge in [-0.1, -0.05) is 18.2 Å². The van der Waals surface area contributed by atoms with Gasteiger partial charge in [-0.2, -0.15) is 0 Å². The first-order chi connectivity index (χ1) is 9.31. The fourth-order valence-electron chi connectivity index (χ4n) is 3.08. The van der Waals surface area contributed by atoms with E-state index in [2.05, 4.69) is 44.4 Å². The SMILES string of the molecule is S=c1nc(C2CCc3[nH]c4ccccc4c3C2)[nH][nH]1. The first kappa shape index (κ1) is 11.0. The Kier molecular flexibility index (Phi) is 2.35. The average molecular weight is 270 g/mol. The van der Waals surface area contributed by atoms with Crippen molar-refractivity contribution in [2.45, 2.75) is 25.2 Å². The molecule has 0 aliphatic heterocycles. The van der Waals surface area contributed by atoms with Crippen LogP contribution < -0.4 is 0 Å². The molecule has 0 radical (unpaired) electrons. The molecule has 1 aliphatic carbocycles. The minimum absolute atomic E-state index is 0.430. The van der Waals surface area contributed by atoms with Crippen LogP contribution in [0, 0.1) is 4.77 Å². The smallest absolute Gasteiger partial charge is 0.213 e. The van der Waals surface area contributed by atoms with Crippen molar-refractivity contribution in [2.24, 2.45) is 0 Å². The minimum Gasteiger partial charge on any atom is -0.358 e. The highest BCUT2D eigenvalue weighted by atomic mass is 32.1. The molecule has 1 aromatic carbocycles. The van der Waals surface area contributed by atoms with Gasteiger partial charge in [0.15, 0.2) is 0 Å². The molecule has 2 heterocycles. The third-order valence-corrected chi connectivity index (χ3v) is 4.19. The van der Waals surface area contributed by atoms with E-state index in [9.17, 15) is 0 Å². The molecule has 4 rings (SSSR count). The minimum atomic E-state index is 0.430. The van der Waals surface area contributed by atoms with Crippen molar-refractivity contribution in [3.63, 3.8) is 0 Å². The van der Waals surface area contributed by atoms with Gasteiger partial charge in [0.1, 0.15) is 5.82 Å². The standard InChI is InChI=1S/C14H14N4S/c19-14-16-13(17-18-14)8-5-6-12-10(7-8)9-3-1-2-4-11(9)15-12/h1-4,8,15H,5-7H2,(H2,16,17,18,19). The number of nitrogens with zero attached hydrogens (tertiary/aromatic N) is 1. The first-order valence-corrected chi connectivity index (χ1v) is 6.95. The lowest BCUT2D eigenvalue weighted by molar-refractivity contribution is 0.555. The Bertz CT molecular complexity index is 795. The van der Waals surface area contributed by atoms with Gasteiger partial charge < -0.3 is 4.98 Å². The van der Waals surface area contributed by atoms with Gasteiger partial charge in [0.05, 0.1) is 0 Å². The Hall–Kier alpha value is -1.88. The van der Waals surface area contributed by atoms with Crippen LogP contribution in [0.25, 0.3) is 10.9 Å². The van der Waals surface area contributed by atoms with Crippen LogP contribution in [0.2, 0.25) is 0 Å². The number of fused-ring (bicyclic) bond motifs is 3. The van der Waals surface area contributed by atoms with E-state index in [4.69, 9.17) is 12.2 Å². The van der Waals surface area contributed by atoms with E-state index >= 15 is 0 Å². The van der Waals surface area contributed by atoms with Crippen molar-refractivity contribution in [1.29, 1.82) is 0 Å². The summed E-state index contributed by atoms with van der Waals surface area (Å²) in [4.78, 5) is 7.90. The molecule has 96 valence electrons. The number of hydrogen-bond donors (Lipinski definition) is 3. The predicted octanol–water partition coefficient (Wildman–Crippen LogP) is 3.22. The first-order valence-electron chi connectivity index (χ1n) is 6.54. The van der Waals surface area contributed by atoms with Crippen molar-refractivity contribution >= 4 is 23.1 Å². The predicted molar refractivity (Wildman–Crippen MR) is 76.8 cm³/mol. The maximum atomic E-state index is 5.04. The molecule has 5 heteroatoms. The molecule has 0 saturated carbocycles. The molecule has 4 nitrogen and oxygen atoms in total. The summed E-state index contributed by atoms with van der Waals surface area (Å²) < 4.78 is 0.541. The molecule has 3 aromatic rings.